The third kappa shape index (κ3) is 3.26. The van der Waals surface area contributed by atoms with Gasteiger partial charge in [0.25, 0.3) is 0 Å². The van der Waals surface area contributed by atoms with E-state index in [1.54, 1.807) is 10.6 Å². The molecular formula is C17H22N6O. The number of fused-ring (bicyclic) bond motifs is 1. The molecule has 7 nitrogen and oxygen atoms in total. The van der Waals surface area contributed by atoms with E-state index in [1.165, 1.54) is 0 Å². The van der Waals surface area contributed by atoms with Crippen LogP contribution in [0, 0.1) is 0 Å². The first kappa shape index (κ1) is 16.1. The summed E-state index contributed by atoms with van der Waals surface area (Å²) in [6, 6.07) is 9.36. The largest absolute Gasteiger partial charge is 0.494 e. The number of nitrogens with one attached hydrogen (secondary N) is 1. The molecule has 0 bridgehead atoms. The summed E-state index contributed by atoms with van der Waals surface area (Å²) in [6.07, 6.45) is 2.63. The third-order valence-electron chi connectivity index (χ3n) is 3.73. The first-order valence-corrected chi connectivity index (χ1v) is 8.02. The molecule has 0 fully saturated rings. The predicted molar refractivity (Wildman–Crippen MR) is 95.5 cm³/mol. The summed E-state index contributed by atoms with van der Waals surface area (Å²) in [5.74, 6) is 1.24. The highest BCUT2D eigenvalue weighted by Gasteiger charge is 2.13. The van der Waals surface area contributed by atoms with Crippen LogP contribution in [0.5, 0.6) is 5.75 Å². The van der Waals surface area contributed by atoms with Crippen molar-refractivity contribution in [1.82, 2.24) is 14.6 Å². The predicted octanol–water partition coefficient (Wildman–Crippen LogP) is 2.86. The van der Waals surface area contributed by atoms with Crippen LogP contribution in [0.1, 0.15) is 32.0 Å². The van der Waals surface area contributed by atoms with Crippen LogP contribution in [0.25, 0.3) is 5.65 Å². The second kappa shape index (κ2) is 6.76. The van der Waals surface area contributed by atoms with Crippen molar-refractivity contribution >= 4 is 22.8 Å². The molecule has 0 aliphatic heterocycles. The Hall–Kier alpha value is -2.80. The molecule has 5 N–H and O–H groups in total. The van der Waals surface area contributed by atoms with Crippen LogP contribution in [0.3, 0.4) is 0 Å². The van der Waals surface area contributed by atoms with E-state index in [-0.39, 0.29) is 6.04 Å². The molecule has 126 valence electrons. The van der Waals surface area contributed by atoms with Crippen molar-refractivity contribution in [2.45, 2.75) is 26.3 Å². The van der Waals surface area contributed by atoms with Gasteiger partial charge in [0, 0.05) is 17.8 Å². The Kier molecular flexibility index (Phi) is 4.52. The topological polar surface area (TPSA) is 103 Å². The van der Waals surface area contributed by atoms with E-state index in [2.05, 4.69) is 15.4 Å². The minimum absolute atomic E-state index is 0.119. The SMILES string of the molecule is CCOc1ccc(Nc2cc(N)nn3cc(C(N)CC)nc23)cc1. The molecule has 1 unspecified atom stereocenters. The molecule has 0 aliphatic rings. The Balaban J connectivity index is 1.94. The lowest BCUT2D eigenvalue weighted by atomic mass is 10.2. The molecule has 0 saturated carbocycles. The molecule has 2 aromatic heterocycles. The Morgan fingerprint density at radius 3 is 2.67 bits per heavy atom. The fourth-order valence-electron chi connectivity index (χ4n) is 2.45. The number of anilines is 3. The van der Waals surface area contributed by atoms with Gasteiger partial charge in [-0.2, -0.15) is 0 Å². The maximum Gasteiger partial charge on any atom is 0.177 e. The lowest BCUT2D eigenvalue weighted by Crippen LogP contribution is -2.08. The Bertz CT molecular complexity index is 827. The summed E-state index contributed by atoms with van der Waals surface area (Å²) in [7, 11) is 0. The standard InChI is InChI=1S/C17H22N6O/c1-3-13(18)15-10-23-17(21-15)14(9-16(19)22-23)20-11-5-7-12(8-6-11)24-4-2/h5-10,13,20H,3-4,18H2,1-2H3,(H2,19,22). The van der Waals surface area contributed by atoms with Gasteiger partial charge in [0.1, 0.15) is 11.6 Å². The minimum atomic E-state index is -0.119. The van der Waals surface area contributed by atoms with E-state index in [1.807, 2.05) is 44.3 Å². The van der Waals surface area contributed by atoms with Gasteiger partial charge in [-0.15, -0.1) is 5.10 Å². The van der Waals surface area contributed by atoms with Crippen molar-refractivity contribution in [2.24, 2.45) is 5.73 Å². The quantitative estimate of drug-likeness (QED) is 0.643. The number of nitrogen functional groups attached to an aromatic ring is 1. The average Bonchev–Trinajstić information content (AvgIpc) is 3.00. The van der Waals surface area contributed by atoms with Crippen LogP contribution in [0.2, 0.25) is 0 Å². The van der Waals surface area contributed by atoms with Gasteiger partial charge in [-0.05, 0) is 37.6 Å². The minimum Gasteiger partial charge on any atom is -0.494 e. The second-order valence-electron chi connectivity index (χ2n) is 5.51. The summed E-state index contributed by atoms with van der Waals surface area (Å²) in [5.41, 5.74) is 15.2. The van der Waals surface area contributed by atoms with Gasteiger partial charge < -0.3 is 21.5 Å². The van der Waals surface area contributed by atoms with Crippen molar-refractivity contribution in [3.05, 3.63) is 42.2 Å². The van der Waals surface area contributed by atoms with Crippen molar-refractivity contribution in [1.29, 1.82) is 0 Å². The van der Waals surface area contributed by atoms with E-state index in [4.69, 9.17) is 16.2 Å². The van der Waals surface area contributed by atoms with Crippen molar-refractivity contribution in [2.75, 3.05) is 17.7 Å². The molecule has 2 heterocycles. The molecule has 1 aromatic carbocycles. The molecule has 3 rings (SSSR count). The highest BCUT2D eigenvalue weighted by atomic mass is 16.5. The van der Waals surface area contributed by atoms with Crippen LogP contribution < -0.4 is 21.5 Å². The van der Waals surface area contributed by atoms with E-state index in [0.717, 1.165) is 29.2 Å². The van der Waals surface area contributed by atoms with Crippen LogP contribution in [-0.2, 0) is 0 Å². The van der Waals surface area contributed by atoms with E-state index >= 15 is 0 Å². The normalized spacial score (nSPS) is 12.3. The molecule has 0 spiro atoms. The van der Waals surface area contributed by atoms with Crippen LogP contribution in [0.15, 0.2) is 36.5 Å². The maximum atomic E-state index is 6.07. The fraction of sp³-hybridized carbons (Fsp3) is 0.294. The highest BCUT2D eigenvalue weighted by molar-refractivity contribution is 5.75. The molecule has 1 atom stereocenters. The molecule has 7 heteroatoms. The zero-order valence-corrected chi connectivity index (χ0v) is 13.9. The molecular weight excluding hydrogens is 304 g/mol. The number of nitrogens with two attached hydrogens (primary N) is 2. The van der Waals surface area contributed by atoms with Gasteiger partial charge in [0.2, 0.25) is 0 Å². The van der Waals surface area contributed by atoms with Crippen LogP contribution >= 0.6 is 0 Å². The van der Waals surface area contributed by atoms with Crippen molar-refractivity contribution in [3.63, 3.8) is 0 Å². The molecule has 0 saturated heterocycles. The smallest absolute Gasteiger partial charge is 0.177 e. The summed E-state index contributed by atoms with van der Waals surface area (Å²) in [6.45, 7) is 4.62. The average molecular weight is 326 g/mol. The molecule has 24 heavy (non-hydrogen) atoms. The van der Waals surface area contributed by atoms with Crippen LogP contribution in [0.4, 0.5) is 17.2 Å². The maximum absolute atomic E-state index is 6.07. The number of imidazole rings is 1. The number of aromatic nitrogens is 3. The van der Waals surface area contributed by atoms with E-state index < -0.39 is 0 Å². The lowest BCUT2D eigenvalue weighted by Gasteiger charge is -2.09. The zero-order chi connectivity index (χ0) is 17.1. The molecule has 0 radical (unpaired) electrons. The Labute approximate surface area is 140 Å². The Morgan fingerprint density at radius 1 is 1.25 bits per heavy atom. The zero-order valence-electron chi connectivity index (χ0n) is 13.9. The lowest BCUT2D eigenvalue weighted by molar-refractivity contribution is 0.340. The summed E-state index contributed by atoms with van der Waals surface area (Å²) < 4.78 is 7.12. The highest BCUT2D eigenvalue weighted by Crippen LogP contribution is 2.25. The number of nitrogens with zero attached hydrogens (tertiary/aromatic N) is 3. The number of rotatable bonds is 6. The first-order valence-electron chi connectivity index (χ1n) is 8.02. The summed E-state index contributed by atoms with van der Waals surface area (Å²) in [5, 5.41) is 7.60. The van der Waals surface area contributed by atoms with E-state index in [0.29, 0.717) is 18.1 Å². The number of hydrogen-bond donors (Lipinski definition) is 3. The Morgan fingerprint density at radius 2 is 2.00 bits per heavy atom. The fourth-order valence-corrected chi connectivity index (χ4v) is 2.45. The van der Waals surface area contributed by atoms with Gasteiger partial charge in [-0.3, -0.25) is 0 Å². The van der Waals surface area contributed by atoms with Crippen molar-refractivity contribution in [3.8, 4) is 5.75 Å². The van der Waals surface area contributed by atoms with Gasteiger partial charge in [-0.1, -0.05) is 6.92 Å². The number of ether oxygens (including phenoxy) is 1. The number of benzene rings is 1. The summed E-state index contributed by atoms with van der Waals surface area (Å²) in [4.78, 5) is 4.60. The molecule has 0 aliphatic carbocycles. The second-order valence-corrected chi connectivity index (χ2v) is 5.51. The molecule has 0 amide bonds. The van der Waals surface area contributed by atoms with Crippen molar-refractivity contribution < 1.29 is 4.74 Å². The first-order chi connectivity index (χ1) is 11.6. The van der Waals surface area contributed by atoms with Gasteiger partial charge in [0.05, 0.1) is 24.2 Å². The van der Waals surface area contributed by atoms with Crippen LogP contribution in [-0.4, -0.2) is 21.2 Å². The molecule has 3 aromatic rings. The van der Waals surface area contributed by atoms with Gasteiger partial charge >= 0.3 is 0 Å². The van der Waals surface area contributed by atoms with E-state index in [9.17, 15) is 0 Å². The number of hydrogen-bond acceptors (Lipinski definition) is 6. The van der Waals surface area contributed by atoms with Gasteiger partial charge in [-0.25, -0.2) is 9.50 Å². The summed E-state index contributed by atoms with van der Waals surface area (Å²) >= 11 is 0. The third-order valence-corrected chi connectivity index (χ3v) is 3.73. The monoisotopic (exact) mass is 326 g/mol. The van der Waals surface area contributed by atoms with Gasteiger partial charge in [0.15, 0.2) is 5.65 Å².